The first kappa shape index (κ1) is 19.2. The Morgan fingerprint density at radius 3 is 2.72 bits per heavy atom. The number of aromatic nitrogens is 3. The minimum atomic E-state index is -4.90. The predicted octanol–water partition coefficient (Wildman–Crippen LogP) is 2.92. The highest BCUT2D eigenvalue weighted by Gasteiger charge is 2.43. The summed E-state index contributed by atoms with van der Waals surface area (Å²) in [4.78, 5) is 32.7. The highest BCUT2D eigenvalue weighted by molar-refractivity contribution is 7.15. The van der Waals surface area contributed by atoms with E-state index in [-0.39, 0.29) is 25.1 Å². The van der Waals surface area contributed by atoms with Gasteiger partial charge in [-0.05, 0) is 18.2 Å². The topological polar surface area (TPSA) is 100 Å². The number of nitrogens with one attached hydrogen (secondary N) is 1. The zero-order chi connectivity index (χ0) is 20.9. The number of nitrogens with zero attached hydrogens (tertiary/aromatic N) is 4. The third kappa shape index (κ3) is 3.50. The van der Waals surface area contributed by atoms with Crippen molar-refractivity contribution in [1.29, 1.82) is 0 Å². The van der Waals surface area contributed by atoms with E-state index >= 15 is 0 Å². The van der Waals surface area contributed by atoms with E-state index in [0.29, 0.717) is 32.7 Å². The summed E-state index contributed by atoms with van der Waals surface area (Å²) in [6.07, 6.45) is -4.66. The summed E-state index contributed by atoms with van der Waals surface area (Å²) in [5, 5.41) is 12.6. The van der Waals surface area contributed by atoms with E-state index in [1.165, 1.54) is 12.1 Å². The SMILES string of the molecule is Cn1c(Nc2nc3c(s2)CN(C(=O)C(F)(F)F)CC3)nc2cc(C(=O)O)ccc21. The van der Waals surface area contributed by atoms with Gasteiger partial charge in [-0.3, -0.25) is 4.79 Å². The van der Waals surface area contributed by atoms with E-state index in [4.69, 9.17) is 5.11 Å². The molecule has 0 saturated heterocycles. The van der Waals surface area contributed by atoms with Crippen molar-refractivity contribution in [3.63, 3.8) is 0 Å². The van der Waals surface area contributed by atoms with Gasteiger partial charge in [-0.15, -0.1) is 0 Å². The molecule has 0 unspecified atom stereocenters. The summed E-state index contributed by atoms with van der Waals surface area (Å²) < 4.78 is 39.7. The van der Waals surface area contributed by atoms with E-state index in [9.17, 15) is 22.8 Å². The first-order chi connectivity index (χ1) is 13.6. The largest absolute Gasteiger partial charge is 0.478 e. The van der Waals surface area contributed by atoms with Crippen LogP contribution in [-0.2, 0) is 24.8 Å². The Kier molecular flexibility index (Phi) is 4.45. The van der Waals surface area contributed by atoms with Gasteiger partial charge in [0.2, 0.25) is 5.95 Å². The molecule has 1 aromatic carbocycles. The molecule has 0 fully saturated rings. The van der Waals surface area contributed by atoms with Crippen LogP contribution in [-0.4, -0.2) is 49.1 Å². The number of aryl methyl sites for hydroxylation is 1. The number of halogens is 3. The van der Waals surface area contributed by atoms with Gasteiger partial charge in [0, 0.05) is 24.9 Å². The third-order valence-electron chi connectivity index (χ3n) is 4.61. The van der Waals surface area contributed by atoms with Gasteiger partial charge >= 0.3 is 18.1 Å². The average molecular weight is 425 g/mol. The van der Waals surface area contributed by atoms with Crippen LogP contribution in [0.1, 0.15) is 20.9 Å². The highest BCUT2D eigenvalue weighted by Crippen LogP contribution is 2.32. The Labute approximate surface area is 165 Å². The number of fused-ring (bicyclic) bond motifs is 2. The molecule has 3 heterocycles. The number of amides is 1. The molecule has 3 aromatic rings. The standard InChI is InChI=1S/C17H14F3N5O3S/c1-24-11-3-2-8(13(26)27)6-10(11)21-15(24)23-16-22-9-4-5-25(7-12(9)29-16)14(28)17(18,19)20/h2-3,6H,4-5,7H2,1H3,(H,26,27)(H,21,22,23). The van der Waals surface area contributed by atoms with Crippen LogP contribution in [0.25, 0.3) is 11.0 Å². The molecule has 2 aromatic heterocycles. The molecule has 152 valence electrons. The smallest absolute Gasteiger partial charge is 0.471 e. The fraction of sp³-hybridized carbons (Fsp3) is 0.294. The fourth-order valence-electron chi connectivity index (χ4n) is 3.14. The van der Waals surface area contributed by atoms with Crippen molar-refractivity contribution in [1.82, 2.24) is 19.4 Å². The lowest BCUT2D eigenvalue weighted by molar-refractivity contribution is -0.186. The van der Waals surface area contributed by atoms with Crippen LogP contribution in [0.2, 0.25) is 0 Å². The monoisotopic (exact) mass is 425 g/mol. The van der Waals surface area contributed by atoms with E-state index in [1.807, 2.05) is 0 Å². The number of carboxylic acid groups (broad SMARTS) is 1. The van der Waals surface area contributed by atoms with Crippen molar-refractivity contribution in [2.75, 3.05) is 11.9 Å². The highest BCUT2D eigenvalue weighted by atomic mass is 32.1. The van der Waals surface area contributed by atoms with Crippen LogP contribution in [0.5, 0.6) is 0 Å². The number of carboxylic acids is 1. The van der Waals surface area contributed by atoms with Crippen LogP contribution in [0, 0.1) is 0 Å². The Hall–Kier alpha value is -3.15. The number of hydrogen-bond acceptors (Lipinski definition) is 6. The summed E-state index contributed by atoms with van der Waals surface area (Å²) in [7, 11) is 1.75. The summed E-state index contributed by atoms with van der Waals surface area (Å²) >= 11 is 1.16. The molecule has 8 nitrogen and oxygen atoms in total. The molecule has 1 aliphatic heterocycles. The Morgan fingerprint density at radius 2 is 2.03 bits per heavy atom. The van der Waals surface area contributed by atoms with Gasteiger partial charge < -0.3 is 19.9 Å². The van der Waals surface area contributed by atoms with Gasteiger partial charge in [0.15, 0.2) is 5.13 Å². The van der Waals surface area contributed by atoms with E-state index in [2.05, 4.69) is 15.3 Å². The van der Waals surface area contributed by atoms with Crippen LogP contribution in [0.15, 0.2) is 18.2 Å². The number of thiazole rings is 1. The van der Waals surface area contributed by atoms with Crippen molar-refractivity contribution in [2.45, 2.75) is 19.1 Å². The molecule has 0 bridgehead atoms. The predicted molar refractivity (Wildman–Crippen MR) is 98.2 cm³/mol. The maximum Gasteiger partial charge on any atom is 0.471 e. The molecule has 0 radical (unpaired) electrons. The van der Waals surface area contributed by atoms with E-state index in [0.717, 1.165) is 16.2 Å². The van der Waals surface area contributed by atoms with Gasteiger partial charge in [-0.2, -0.15) is 13.2 Å². The molecule has 0 aliphatic carbocycles. The number of rotatable bonds is 3. The van der Waals surface area contributed by atoms with Crippen LogP contribution in [0.3, 0.4) is 0 Å². The molecule has 0 saturated carbocycles. The van der Waals surface area contributed by atoms with Crippen molar-refractivity contribution in [3.8, 4) is 0 Å². The quantitative estimate of drug-likeness (QED) is 0.669. The Bertz CT molecular complexity index is 1140. The second-order valence-corrected chi connectivity index (χ2v) is 7.58. The zero-order valence-corrected chi connectivity index (χ0v) is 15.8. The van der Waals surface area contributed by atoms with E-state index < -0.39 is 18.1 Å². The first-order valence-corrected chi connectivity index (χ1v) is 9.26. The number of carbonyl (C=O) groups is 2. The van der Waals surface area contributed by atoms with Gasteiger partial charge in [0.1, 0.15) is 0 Å². The first-order valence-electron chi connectivity index (χ1n) is 8.45. The second kappa shape index (κ2) is 6.72. The van der Waals surface area contributed by atoms with Crippen molar-refractivity contribution < 1.29 is 27.9 Å². The number of anilines is 2. The Balaban J connectivity index is 1.58. The average Bonchev–Trinajstić information content (AvgIpc) is 3.20. The number of aromatic carboxylic acids is 1. The molecule has 12 heteroatoms. The lowest BCUT2D eigenvalue weighted by Crippen LogP contribution is -2.43. The molecule has 4 rings (SSSR count). The van der Waals surface area contributed by atoms with Crippen LogP contribution >= 0.6 is 11.3 Å². The number of imidazole rings is 1. The minimum absolute atomic E-state index is 0.0429. The van der Waals surface area contributed by atoms with Gasteiger partial charge in [-0.1, -0.05) is 11.3 Å². The fourth-order valence-corrected chi connectivity index (χ4v) is 4.16. The lowest BCUT2D eigenvalue weighted by Gasteiger charge is -2.26. The van der Waals surface area contributed by atoms with Crippen molar-refractivity contribution >= 4 is 45.3 Å². The second-order valence-electron chi connectivity index (χ2n) is 6.49. The zero-order valence-electron chi connectivity index (χ0n) is 14.9. The normalized spacial score (nSPS) is 14.1. The molecule has 1 amide bonds. The van der Waals surface area contributed by atoms with Gasteiger partial charge in [0.25, 0.3) is 0 Å². The molecular weight excluding hydrogens is 411 g/mol. The minimum Gasteiger partial charge on any atom is -0.478 e. The summed E-state index contributed by atoms with van der Waals surface area (Å²) in [6, 6.07) is 4.57. The molecular formula is C17H14F3N5O3S. The molecule has 0 spiro atoms. The van der Waals surface area contributed by atoms with Crippen molar-refractivity contribution in [2.24, 2.45) is 7.05 Å². The van der Waals surface area contributed by atoms with Crippen LogP contribution in [0.4, 0.5) is 24.3 Å². The summed E-state index contributed by atoms with van der Waals surface area (Å²) in [5.74, 6) is -2.50. The maximum atomic E-state index is 12.7. The molecule has 2 N–H and O–H groups in total. The molecule has 0 atom stereocenters. The molecule has 1 aliphatic rings. The Morgan fingerprint density at radius 1 is 1.28 bits per heavy atom. The number of benzene rings is 1. The van der Waals surface area contributed by atoms with Crippen molar-refractivity contribution in [3.05, 3.63) is 34.3 Å². The van der Waals surface area contributed by atoms with Gasteiger partial charge in [0.05, 0.1) is 28.8 Å². The third-order valence-corrected chi connectivity index (χ3v) is 5.61. The number of hydrogen-bond donors (Lipinski definition) is 2. The van der Waals surface area contributed by atoms with Gasteiger partial charge in [-0.25, -0.2) is 14.8 Å². The number of carbonyl (C=O) groups excluding carboxylic acids is 1. The number of alkyl halides is 3. The maximum absolute atomic E-state index is 12.7. The summed E-state index contributed by atoms with van der Waals surface area (Å²) in [6.45, 7) is -0.184. The van der Waals surface area contributed by atoms with Crippen LogP contribution < -0.4 is 5.32 Å². The van der Waals surface area contributed by atoms with E-state index in [1.54, 1.807) is 17.7 Å². The summed E-state index contributed by atoms with van der Waals surface area (Å²) in [5.41, 5.74) is 1.95. The lowest BCUT2D eigenvalue weighted by atomic mass is 10.2. The molecule has 29 heavy (non-hydrogen) atoms.